The molecule has 0 aliphatic rings. The molecule has 7 heteroatoms. The highest BCUT2D eigenvalue weighted by atomic mass is 35.5. The first kappa shape index (κ1) is 13.5. The number of carbonyl (C=O) groups is 1. The predicted octanol–water partition coefficient (Wildman–Crippen LogP) is 0.457. The number of hydrogen-bond donors (Lipinski definition) is 2. The molecule has 1 heterocycles. The van der Waals surface area contributed by atoms with E-state index in [1.165, 1.54) is 13.3 Å². The van der Waals surface area contributed by atoms with Gasteiger partial charge in [0.2, 0.25) is 5.91 Å². The second-order valence-electron chi connectivity index (χ2n) is 4.18. The van der Waals surface area contributed by atoms with E-state index < -0.39 is 23.6 Å². The molecule has 0 aliphatic heterocycles. The Morgan fingerprint density at radius 1 is 1.53 bits per heavy atom. The third kappa shape index (κ3) is 2.32. The Hall–Kier alpha value is -1.92. The summed E-state index contributed by atoms with van der Waals surface area (Å²) in [6.07, 6.45) is 0.0697. The van der Waals surface area contributed by atoms with Crippen LogP contribution < -0.4 is 11.3 Å². The third-order valence-corrected chi connectivity index (χ3v) is 3.12. The van der Waals surface area contributed by atoms with E-state index in [1.54, 1.807) is 18.2 Å². The van der Waals surface area contributed by atoms with E-state index in [-0.39, 0.29) is 10.4 Å². The van der Waals surface area contributed by atoms with Gasteiger partial charge >= 0.3 is 0 Å². The number of aliphatic hydroxyl groups is 1. The van der Waals surface area contributed by atoms with Crippen molar-refractivity contribution < 1.29 is 9.90 Å². The van der Waals surface area contributed by atoms with E-state index in [9.17, 15) is 14.7 Å². The summed E-state index contributed by atoms with van der Waals surface area (Å²) >= 11 is 5.97. The Labute approximate surface area is 113 Å². The molecule has 3 N–H and O–H groups in total. The summed E-state index contributed by atoms with van der Waals surface area (Å²) in [5.74, 6) is -0.815. The van der Waals surface area contributed by atoms with Crippen molar-refractivity contribution in [1.29, 1.82) is 0 Å². The van der Waals surface area contributed by atoms with Gasteiger partial charge in [-0.2, -0.15) is 0 Å². The van der Waals surface area contributed by atoms with Crippen molar-refractivity contribution in [1.82, 2.24) is 9.55 Å². The van der Waals surface area contributed by atoms with Crippen LogP contribution in [0.15, 0.2) is 29.3 Å². The van der Waals surface area contributed by atoms with Gasteiger partial charge in [-0.15, -0.1) is 0 Å². The molecule has 0 aliphatic carbocycles. The highest BCUT2D eigenvalue weighted by Crippen LogP contribution is 2.19. The maximum Gasteiger partial charge on any atom is 0.263 e. The Kier molecular flexibility index (Phi) is 3.55. The minimum absolute atomic E-state index is 0.193. The van der Waals surface area contributed by atoms with E-state index in [0.717, 1.165) is 4.57 Å². The molecule has 2 rings (SSSR count). The molecule has 0 saturated heterocycles. The maximum atomic E-state index is 12.3. The summed E-state index contributed by atoms with van der Waals surface area (Å²) in [5, 5.41) is 10.0. The minimum atomic E-state index is -1.18. The van der Waals surface area contributed by atoms with Crippen LogP contribution in [0.25, 0.3) is 10.9 Å². The number of nitrogens with zero attached hydrogens (tertiary/aromatic N) is 2. The first-order valence-electron chi connectivity index (χ1n) is 5.56. The number of aromatic nitrogens is 2. The van der Waals surface area contributed by atoms with E-state index >= 15 is 0 Å². The van der Waals surface area contributed by atoms with Crippen LogP contribution in [0.2, 0.25) is 5.02 Å². The Morgan fingerprint density at radius 3 is 2.79 bits per heavy atom. The molecular formula is C12H12ClN3O3. The average Bonchev–Trinajstić information content (AvgIpc) is 2.31. The molecule has 100 valence electrons. The molecule has 0 radical (unpaired) electrons. The molecule has 2 atom stereocenters. The van der Waals surface area contributed by atoms with Crippen LogP contribution in [0.3, 0.4) is 0 Å². The van der Waals surface area contributed by atoms with Crippen molar-refractivity contribution in [2.24, 2.45) is 5.73 Å². The highest BCUT2D eigenvalue weighted by Gasteiger charge is 2.25. The third-order valence-electron chi connectivity index (χ3n) is 2.81. The minimum Gasteiger partial charge on any atom is -0.391 e. The van der Waals surface area contributed by atoms with Crippen LogP contribution in [-0.4, -0.2) is 26.7 Å². The number of carbonyl (C=O) groups excluding carboxylic acids is 1. The lowest BCUT2D eigenvalue weighted by Crippen LogP contribution is -2.40. The Balaban J connectivity index is 2.76. The van der Waals surface area contributed by atoms with Gasteiger partial charge in [-0.3, -0.25) is 14.2 Å². The standard InChI is InChI=1S/C12H12ClN3O3/c1-6(17)10(11(14)18)16-5-15-8-4-2-3-7(13)9(8)12(16)19/h2-6,10,17H,1H3,(H2,14,18)/t6-,10?/m1/s1. The summed E-state index contributed by atoms with van der Waals surface area (Å²) in [6, 6.07) is 3.68. The quantitative estimate of drug-likeness (QED) is 0.854. The Morgan fingerprint density at radius 2 is 2.21 bits per heavy atom. The second-order valence-corrected chi connectivity index (χ2v) is 4.59. The van der Waals surface area contributed by atoms with Crippen molar-refractivity contribution in [3.63, 3.8) is 0 Å². The predicted molar refractivity (Wildman–Crippen MR) is 70.9 cm³/mol. The van der Waals surface area contributed by atoms with Crippen LogP contribution in [0.4, 0.5) is 0 Å². The molecule has 0 fully saturated rings. The summed E-state index contributed by atoms with van der Waals surface area (Å²) in [7, 11) is 0. The molecule has 1 amide bonds. The summed E-state index contributed by atoms with van der Waals surface area (Å²) in [4.78, 5) is 27.7. The first-order valence-corrected chi connectivity index (χ1v) is 5.94. The maximum absolute atomic E-state index is 12.3. The van der Waals surface area contributed by atoms with Crippen LogP contribution in [0, 0.1) is 0 Å². The largest absolute Gasteiger partial charge is 0.391 e. The van der Waals surface area contributed by atoms with Crippen molar-refractivity contribution in [2.75, 3.05) is 0 Å². The van der Waals surface area contributed by atoms with Gasteiger partial charge in [0.25, 0.3) is 5.56 Å². The SMILES string of the molecule is C[C@@H](O)C(C(N)=O)n1cnc2cccc(Cl)c2c1=O. The van der Waals surface area contributed by atoms with E-state index in [4.69, 9.17) is 17.3 Å². The summed E-state index contributed by atoms with van der Waals surface area (Å²) < 4.78 is 1.00. The number of fused-ring (bicyclic) bond motifs is 1. The monoisotopic (exact) mass is 281 g/mol. The highest BCUT2D eigenvalue weighted by molar-refractivity contribution is 6.35. The van der Waals surface area contributed by atoms with E-state index in [0.29, 0.717) is 5.52 Å². The number of benzene rings is 1. The molecule has 2 aromatic rings. The molecule has 1 aromatic heterocycles. The molecule has 1 aromatic carbocycles. The normalized spacial score (nSPS) is 14.3. The fourth-order valence-corrected chi connectivity index (χ4v) is 2.19. The fourth-order valence-electron chi connectivity index (χ4n) is 1.94. The van der Waals surface area contributed by atoms with E-state index in [1.807, 2.05) is 0 Å². The number of primary amides is 1. The van der Waals surface area contributed by atoms with Gasteiger partial charge in [-0.1, -0.05) is 17.7 Å². The number of rotatable bonds is 3. The number of aliphatic hydroxyl groups excluding tert-OH is 1. The van der Waals surface area contributed by atoms with Gasteiger partial charge in [-0.25, -0.2) is 4.98 Å². The van der Waals surface area contributed by atoms with Crippen molar-refractivity contribution >= 4 is 28.4 Å². The smallest absolute Gasteiger partial charge is 0.263 e. The van der Waals surface area contributed by atoms with Crippen molar-refractivity contribution in [2.45, 2.75) is 19.1 Å². The van der Waals surface area contributed by atoms with Gasteiger partial charge in [0, 0.05) is 0 Å². The van der Waals surface area contributed by atoms with Gasteiger partial charge in [0.15, 0.2) is 0 Å². The number of halogens is 1. The summed E-state index contributed by atoms with van der Waals surface area (Å²) in [6.45, 7) is 1.37. The van der Waals surface area contributed by atoms with Crippen molar-refractivity contribution in [3.8, 4) is 0 Å². The Bertz CT molecular complexity index is 696. The van der Waals surface area contributed by atoms with Crippen molar-refractivity contribution in [3.05, 3.63) is 39.9 Å². The zero-order valence-corrected chi connectivity index (χ0v) is 10.8. The zero-order chi connectivity index (χ0) is 14.2. The molecule has 19 heavy (non-hydrogen) atoms. The summed E-state index contributed by atoms with van der Waals surface area (Å²) in [5.41, 5.74) is 5.11. The lowest BCUT2D eigenvalue weighted by Gasteiger charge is -2.19. The van der Waals surface area contributed by atoms with Gasteiger partial charge in [-0.05, 0) is 19.1 Å². The van der Waals surface area contributed by atoms with Gasteiger partial charge in [0.1, 0.15) is 6.04 Å². The molecule has 0 bridgehead atoms. The molecule has 0 spiro atoms. The second kappa shape index (κ2) is 4.99. The van der Waals surface area contributed by atoms with Gasteiger partial charge in [0.05, 0.1) is 28.4 Å². The average molecular weight is 282 g/mol. The molecular weight excluding hydrogens is 270 g/mol. The zero-order valence-electron chi connectivity index (χ0n) is 10.1. The topological polar surface area (TPSA) is 98.2 Å². The lowest BCUT2D eigenvalue weighted by molar-refractivity contribution is -0.124. The molecule has 6 nitrogen and oxygen atoms in total. The number of amides is 1. The van der Waals surface area contributed by atoms with Gasteiger partial charge < -0.3 is 10.8 Å². The van der Waals surface area contributed by atoms with Crippen LogP contribution in [-0.2, 0) is 4.79 Å². The number of hydrogen-bond acceptors (Lipinski definition) is 4. The molecule has 1 unspecified atom stereocenters. The van der Waals surface area contributed by atoms with Crippen LogP contribution in [0.5, 0.6) is 0 Å². The number of nitrogens with two attached hydrogens (primary N) is 1. The van der Waals surface area contributed by atoms with E-state index in [2.05, 4.69) is 4.98 Å². The van der Waals surface area contributed by atoms with Crippen LogP contribution in [0.1, 0.15) is 13.0 Å². The molecule has 0 saturated carbocycles. The van der Waals surface area contributed by atoms with Crippen LogP contribution >= 0.6 is 11.6 Å². The first-order chi connectivity index (χ1) is 8.93. The lowest BCUT2D eigenvalue weighted by atomic mass is 10.1. The fraction of sp³-hybridized carbons (Fsp3) is 0.250.